The van der Waals surface area contributed by atoms with Gasteiger partial charge in [0, 0.05) is 37.7 Å². The SMILES string of the molecule is O=c1[nH]c2ccccc2n1CCCN1CCN(S(=O)(=O)c2cc(Cl)ccc2Cl)CC1. The number of aryl methyl sites for hydroxylation is 1. The molecule has 0 aliphatic carbocycles. The number of nitrogens with one attached hydrogen (secondary N) is 1. The highest BCUT2D eigenvalue weighted by Gasteiger charge is 2.30. The zero-order chi connectivity index (χ0) is 21.3. The summed E-state index contributed by atoms with van der Waals surface area (Å²) < 4.78 is 29.0. The third kappa shape index (κ3) is 4.29. The summed E-state index contributed by atoms with van der Waals surface area (Å²) in [5.41, 5.74) is 1.63. The number of sulfonamides is 1. The first-order valence-electron chi connectivity index (χ1n) is 9.71. The van der Waals surface area contributed by atoms with Gasteiger partial charge in [-0.25, -0.2) is 13.2 Å². The molecule has 0 unspecified atom stereocenters. The number of aromatic nitrogens is 2. The number of halogens is 2. The minimum Gasteiger partial charge on any atom is -0.306 e. The Hall–Kier alpha value is -1.84. The molecule has 2 heterocycles. The van der Waals surface area contributed by atoms with Gasteiger partial charge in [0.05, 0.1) is 16.1 Å². The number of aromatic amines is 1. The average Bonchev–Trinajstić information content (AvgIpc) is 3.05. The first-order chi connectivity index (χ1) is 14.4. The first-order valence-corrected chi connectivity index (χ1v) is 11.9. The summed E-state index contributed by atoms with van der Waals surface area (Å²) >= 11 is 12.1. The Balaban J connectivity index is 1.34. The van der Waals surface area contributed by atoms with Gasteiger partial charge < -0.3 is 9.88 Å². The van der Waals surface area contributed by atoms with Crippen LogP contribution in [0.15, 0.2) is 52.2 Å². The Morgan fingerprint density at radius 2 is 1.70 bits per heavy atom. The Morgan fingerprint density at radius 3 is 2.47 bits per heavy atom. The van der Waals surface area contributed by atoms with Crippen molar-refractivity contribution in [3.63, 3.8) is 0 Å². The number of para-hydroxylation sites is 2. The van der Waals surface area contributed by atoms with E-state index in [-0.39, 0.29) is 15.6 Å². The summed E-state index contributed by atoms with van der Waals surface area (Å²) in [6, 6.07) is 12.1. The molecular weight excluding hydrogens is 447 g/mol. The van der Waals surface area contributed by atoms with Gasteiger partial charge >= 0.3 is 5.69 Å². The molecule has 0 atom stereocenters. The molecule has 1 N–H and O–H groups in total. The number of piperazine rings is 1. The average molecular weight is 469 g/mol. The molecule has 0 spiro atoms. The van der Waals surface area contributed by atoms with Crippen LogP contribution in [0.1, 0.15) is 6.42 Å². The van der Waals surface area contributed by atoms with Gasteiger partial charge in [0.25, 0.3) is 0 Å². The second-order valence-electron chi connectivity index (χ2n) is 7.27. The van der Waals surface area contributed by atoms with Crippen LogP contribution in [-0.4, -0.2) is 59.9 Å². The van der Waals surface area contributed by atoms with E-state index in [0.717, 1.165) is 24.0 Å². The van der Waals surface area contributed by atoms with Crippen LogP contribution in [0, 0.1) is 0 Å². The van der Waals surface area contributed by atoms with Crippen LogP contribution in [0.25, 0.3) is 11.0 Å². The minimum absolute atomic E-state index is 0.0452. The van der Waals surface area contributed by atoms with Crippen LogP contribution < -0.4 is 5.69 Å². The molecular formula is C20H22Cl2N4O3S. The first kappa shape index (κ1) is 21.4. The predicted octanol–water partition coefficient (Wildman–Crippen LogP) is 3.03. The highest BCUT2D eigenvalue weighted by Crippen LogP contribution is 2.28. The van der Waals surface area contributed by atoms with Crippen molar-refractivity contribution in [2.24, 2.45) is 0 Å². The number of nitrogens with zero attached hydrogens (tertiary/aromatic N) is 3. The van der Waals surface area contributed by atoms with Crippen LogP contribution in [-0.2, 0) is 16.6 Å². The molecule has 1 saturated heterocycles. The van der Waals surface area contributed by atoms with Crippen LogP contribution in [0.5, 0.6) is 0 Å². The summed E-state index contributed by atoms with van der Waals surface area (Å²) in [6.45, 7) is 3.42. The fourth-order valence-corrected chi connectivity index (χ4v) is 5.95. The molecule has 1 fully saturated rings. The molecule has 1 aliphatic rings. The molecule has 3 aromatic rings. The molecule has 0 bridgehead atoms. The standard InChI is InChI=1S/C20H22Cl2N4O3S/c21-15-6-7-16(22)19(14-15)30(28,29)25-12-10-24(11-13-25)8-3-9-26-18-5-2-1-4-17(18)23-20(26)27/h1-2,4-7,14H,3,8-13H2,(H,23,27). The van der Waals surface area contributed by atoms with Crippen molar-refractivity contribution in [3.05, 3.63) is 63.0 Å². The van der Waals surface area contributed by atoms with Crippen LogP contribution in [0.3, 0.4) is 0 Å². The van der Waals surface area contributed by atoms with Gasteiger partial charge in [0.2, 0.25) is 10.0 Å². The molecule has 1 aromatic heterocycles. The maximum atomic E-state index is 12.9. The molecule has 4 rings (SSSR count). The Morgan fingerprint density at radius 1 is 0.967 bits per heavy atom. The highest BCUT2D eigenvalue weighted by atomic mass is 35.5. The van der Waals surface area contributed by atoms with E-state index in [1.807, 2.05) is 24.3 Å². The van der Waals surface area contributed by atoms with Gasteiger partial charge in [0.15, 0.2) is 0 Å². The molecule has 160 valence electrons. The third-order valence-corrected chi connectivity index (χ3v) is 8.00. The lowest BCUT2D eigenvalue weighted by molar-refractivity contribution is 0.184. The van der Waals surface area contributed by atoms with E-state index in [1.165, 1.54) is 16.4 Å². The Kier molecular flexibility index (Phi) is 6.22. The van der Waals surface area contributed by atoms with Crippen molar-refractivity contribution in [1.82, 2.24) is 18.8 Å². The van der Waals surface area contributed by atoms with E-state index in [9.17, 15) is 13.2 Å². The summed E-state index contributed by atoms with van der Waals surface area (Å²) in [5, 5.41) is 0.509. The van der Waals surface area contributed by atoms with Crippen molar-refractivity contribution in [2.45, 2.75) is 17.9 Å². The summed E-state index contributed by atoms with van der Waals surface area (Å²) in [5.74, 6) is 0. The van der Waals surface area contributed by atoms with E-state index < -0.39 is 10.0 Å². The zero-order valence-corrected chi connectivity index (χ0v) is 18.6. The lowest BCUT2D eigenvalue weighted by Crippen LogP contribution is -2.48. The van der Waals surface area contributed by atoms with Gasteiger partial charge in [-0.05, 0) is 43.3 Å². The second-order valence-corrected chi connectivity index (χ2v) is 10.0. The van der Waals surface area contributed by atoms with E-state index >= 15 is 0 Å². The van der Waals surface area contributed by atoms with E-state index in [1.54, 1.807) is 10.6 Å². The molecule has 2 aromatic carbocycles. The number of hydrogen-bond acceptors (Lipinski definition) is 4. The van der Waals surface area contributed by atoms with Gasteiger partial charge in [-0.1, -0.05) is 35.3 Å². The van der Waals surface area contributed by atoms with Crippen LogP contribution in [0.2, 0.25) is 10.0 Å². The molecule has 0 amide bonds. The van der Waals surface area contributed by atoms with Crippen molar-refractivity contribution < 1.29 is 8.42 Å². The van der Waals surface area contributed by atoms with Crippen molar-refractivity contribution in [3.8, 4) is 0 Å². The minimum atomic E-state index is -3.68. The van der Waals surface area contributed by atoms with Gasteiger partial charge in [-0.3, -0.25) is 4.57 Å². The van der Waals surface area contributed by atoms with Crippen molar-refractivity contribution in [1.29, 1.82) is 0 Å². The monoisotopic (exact) mass is 468 g/mol. The number of rotatable bonds is 6. The van der Waals surface area contributed by atoms with Crippen molar-refractivity contribution in [2.75, 3.05) is 32.7 Å². The van der Waals surface area contributed by atoms with E-state index in [0.29, 0.717) is 37.7 Å². The second kappa shape index (κ2) is 8.72. The van der Waals surface area contributed by atoms with Gasteiger partial charge in [0.1, 0.15) is 4.90 Å². The maximum absolute atomic E-state index is 12.9. The lowest BCUT2D eigenvalue weighted by Gasteiger charge is -2.34. The zero-order valence-electron chi connectivity index (χ0n) is 16.2. The molecule has 1 aliphatic heterocycles. The number of imidazole rings is 1. The number of hydrogen-bond donors (Lipinski definition) is 1. The summed E-state index contributed by atoms with van der Waals surface area (Å²) in [6.07, 6.45) is 0.800. The van der Waals surface area contributed by atoms with Gasteiger partial charge in [-0.2, -0.15) is 4.31 Å². The van der Waals surface area contributed by atoms with Crippen molar-refractivity contribution >= 4 is 44.3 Å². The third-order valence-electron chi connectivity index (χ3n) is 5.38. The molecule has 30 heavy (non-hydrogen) atoms. The van der Waals surface area contributed by atoms with E-state index in [2.05, 4.69) is 9.88 Å². The topological polar surface area (TPSA) is 78.4 Å². The quantitative estimate of drug-likeness (QED) is 0.602. The van der Waals surface area contributed by atoms with Crippen LogP contribution in [0.4, 0.5) is 0 Å². The summed E-state index contributed by atoms with van der Waals surface area (Å²) in [4.78, 5) is 17.3. The fraction of sp³-hybridized carbons (Fsp3) is 0.350. The molecule has 10 heteroatoms. The van der Waals surface area contributed by atoms with Crippen LogP contribution >= 0.6 is 23.2 Å². The number of benzene rings is 2. The Labute approximate surface area is 184 Å². The molecule has 7 nitrogen and oxygen atoms in total. The predicted molar refractivity (Wildman–Crippen MR) is 119 cm³/mol. The molecule has 0 radical (unpaired) electrons. The Bertz CT molecular complexity index is 1210. The van der Waals surface area contributed by atoms with E-state index in [4.69, 9.17) is 23.2 Å². The lowest BCUT2D eigenvalue weighted by atomic mass is 10.3. The maximum Gasteiger partial charge on any atom is 0.326 e. The summed E-state index contributed by atoms with van der Waals surface area (Å²) in [7, 11) is -3.68. The smallest absolute Gasteiger partial charge is 0.306 e. The highest BCUT2D eigenvalue weighted by molar-refractivity contribution is 7.89. The fourth-order valence-electron chi connectivity index (χ4n) is 3.79. The largest absolute Gasteiger partial charge is 0.326 e. The molecule has 0 saturated carbocycles. The number of H-pyrrole nitrogens is 1. The normalized spacial score (nSPS) is 16.3. The van der Waals surface area contributed by atoms with Gasteiger partial charge in [-0.15, -0.1) is 0 Å². The number of fused-ring (bicyclic) bond motifs is 1.